The molecule has 22 heavy (non-hydrogen) atoms. The normalized spacial score (nSPS) is 21.5. The van der Waals surface area contributed by atoms with Gasteiger partial charge in [0.15, 0.2) is 5.11 Å². The maximum Gasteiger partial charge on any atom is 0.335 e. The van der Waals surface area contributed by atoms with E-state index in [-0.39, 0.29) is 23.8 Å². The lowest BCUT2D eigenvalue weighted by Gasteiger charge is -2.22. The number of amides is 2. The van der Waals surface area contributed by atoms with Crippen LogP contribution in [0.3, 0.4) is 0 Å². The third-order valence-corrected chi connectivity index (χ3v) is 4.14. The van der Waals surface area contributed by atoms with Gasteiger partial charge in [-0.25, -0.2) is 9.69 Å². The Bertz CT molecular complexity index is 673. The quantitative estimate of drug-likeness (QED) is 0.608. The molecule has 2 N–H and O–H groups in total. The van der Waals surface area contributed by atoms with Gasteiger partial charge < -0.3 is 15.3 Å². The fourth-order valence-corrected chi connectivity index (χ4v) is 2.99. The lowest BCUT2D eigenvalue weighted by atomic mass is 10.2. The largest absolute Gasteiger partial charge is 0.478 e. The first-order valence-corrected chi connectivity index (χ1v) is 7.14. The van der Waals surface area contributed by atoms with Crippen molar-refractivity contribution in [3.63, 3.8) is 0 Å². The maximum atomic E-state index is 12.5. The second-order valence-electron chi connectivity index (χ2n) is 5.06. The van der Waals surface area contributed by atoms with Gasteiger partial charge in [0.1, 0.15) is 6.04 Å². The number of nitrogens with zero attached hydrogens (tertiary/aromatic N) is 2. The van der Waals surface area contributed by atoms with Gasteiger partial charge in [-0.2, -0.15) is 0 Å². The lowest BCUT2D eigenvalue weighted by molar-refractivity contribution is -0.122. The molecule has 3 rings (SSSR count). The number of carbonyl (C=O) groups is 3. The highest BCUT2D eigenvalue weighted by atomic mass is 32.1. The zero-order valence-corrected chi connectivity index (χ0v) is 12.3. The van der Waals surface area contributed by atoms with Crippen molar-refractivity contribution in [2.24, 2.45) is 0 Å². The van der Waals surface area contributed by atoms with Crippen LogP contribution in [-0.2, 0) is 9.59 Å². The van der Waals surface area contributed by atoms with E-state index >= 15 is 0 Å². The van der Waals surface area contributed by atoms with Gasteiger partial charge >= 0.3 is 5.97 Å². The van der Waals surface area contributed by atoms with Gasteiger partial charge in [0.05, 0.1) is 17.7 Å². The van der Waals surface area contributed by atoms with Gasteiger partial charge in [-0.3, -0.25) is 9.59 Å². The Kier molecular flexibility index (Phi) is 3.53. The first-order valence-electron chi connectivity index (χ1n) is 6.73. The van der Waals surface area contributed by atoms with E-state index in [1.807, 2.05) is 0 Å². The van der Waals surface area contributed by atoms with Gasteiger partial charge in [0.25, 0.3) is 5.91 Å². The van der Waals surface area contributed by atoms with Crippen LogP contribution in [0.15, 0.2) is 24.3 Å². The molecule has 2 heterocycles. The second-order valence-corrected chi connectivity index (χ2v) is 5.45. The lowest BCUT2D eigenvalue weighted by Crippen LogP contribution is -2.43. The summed E-state index contributed by atoms with van der Waals surface area (Å²) in [6, 6.07) is 5.07. The van der Waals surface area contributed by atoms with Gasteiger partial charge in [-0.05, 0) is 36.5 Å². The molecular formula is C14H13N3O4S. The molecule has 2 aliphatic heterocycles. The smallest absolute Gasteiger partial charge is 0.335 e. The summed E-state index contributed by atoms with van der Waals surface area (Å²) in [4.78, 5) is 38.4. The highest BCUT2D eigenvalue weighted by Crippen LogP contribution is 2.26. The van der Waals surface area contributed by atoms with Crippen LogP contribution in [0, 0.1) is 0 Å². The minimum Gasteiger partial charge on any atom is -0.478 e. The monoisotopic (exact) mass is 319 g/mol. The summed E-state index contributed by atoms with van der Waals surface area (Å²) in [6.07, 6.45) is 0.0708. The molecule has 8 heteroatoms. The average Bonchev–Trinajstić information content (AvgIpc) is 3.02. The van der Waals surface area contributed by atoms with Crippen molar-refractivity contribution in [1.82, 2.24) is 10.2 Å². The van der Waals surface area contributed by atoms with Crippen LogP contribution in [0.25, 0.3) is 0 Å². The van der Waals surface area contributed by atoms with Crippen LogP contribution in [0.1, 0.15) is 16.8 Å². The van der Waals surface area contributed by atoms with Crippen molar-refractivity contribution < 1.29 is 19.5 Å². The van der Waals surface area contributed by atoms with Crippen LogP contribution in [-0.4, -0.2) is 52.0 Å². The Morgan fingerprint density at radius 3 is 2.50 bits per heavy atom. The summed E-state index contributed by atoms with van der Waals surface area (Å²) in [5, 5.41) is 12.3. The number of hydrogen-bond acceptors (Lipinski definition) is 4. The molecule has 0 aliphatic carbocycles. The number of benzene rings is 1. The second kappa shape index (κ2) is 5.38. The molecule has 0 spiro atoms. The van der Waals surface area contributed by atoms with Crippen LogP contribution < -0.4 is 10.2 Å². The number of thiocarbonyl (C=S) groups is 1. The van der Waals surface area contributed by atoms with E-state index in [4.69, 9.17) is 17.3 Å². The summed E-state index contributed by atoms with van der Waals surface area (Å²) < 4.78 is 0. The maximum absolute atomic E-state index is 12.5. The number of carboxylic acids is 1. The minimum atomic E-state index is -1.06. The zero-order valence-electron chi connectivity index (χ0n) is 11.5. The van der Waals surface area contributed by atoms with Gasteiger partial charge in [-0.1, -0.05) is 0 Å². The van der Waals surface area contributed by atoms with Gasteiger partial charge in [-0.15, -0.1) is 0 Å². The molecule has 1 unspecified atom stereocenters. The minimum absolute atomic E-state index is 0.0708. The summed E-state index contributed by atoms with van der Waals surface area (Å²) >= 11 is 5.14. The molecule has 2 amide bonds. The third kappa shape index (κ3) is 2.31. The standard InChI is InChI=1S/C14H13N3O4S/c18-11-7-10(16-6-5-15-14(16)22)12(19)17(11)9-3-1-8(2-4-9)13(20)21/h1-4,10H,5-7H2,(H,15,22)(H,20,21). The Labute approximate surface area is 131 Å². The number of aromatic carboxylic acids is 1. The Morgan fingerprint density at radius 2 is 1.95 bits per heavy atom. The number of nitrogens with one attached hydrogen (secondary N) is 1. The van der Waals surface area contributed by atoms with E-state index in [0.29, 0.717) is 23.9 Å². The van der Waals surface area contributed by atoms with Crippen molar-refractivity contribution >= 4 is 40.8 Å². The topological polar surface area (TPSA) is 89.9 Å². The van der Waals surface area contributed by atoms with Crippen molar-refractivity contribution in [1.29, 1.82) is 0 Å². The molecule has 1 aromatic carbocycles. The fourth-order valence-electron chi connectivity index (χ4n) is 2.67. The number of carboxylic acid groups (broad SMARTS) is 1. The van der Waals surface area contributed by atoms with Crippen LogP contribution in [0.4, 0.5) is 5.69 Å². The van der Waals surface area contributed by atoms with Crippen molar-refractivity contribution in [3.05, 3.63) is 29.8 Å². The summed E-state index contributed by atoms with van der Waals surface area (Å²) in [6.45, 7) is 1.25. The molecule has 0 radical (unpaired) electrons. The predicted molar refractivity (Wildman–Crippen MR) is 81.6 cm³/mol. The van der Waals surface area contributed by atoms with E-state index < -0.39 is 12.0 Å². The van der Waals surface area contributed by atoms with E-state index in [9.17, 15) is 14.4 Å². The molecule has 1 aromatic rings. The molecule has 1 atom stereocenters. The summed E-state index contributed by atoms with van der Waals surface area (Å²) in [7, 11) is 0. The van der Waals surface area contributed by atoms with E-state index in [1.54, 1.807) is 4.90 Å². The number of imide groups is 1. The number of rotatable bonds is 3. The molecular weight excluding hydrogens is 306 g/mol. The third-order valence-electron chi connectivity index (χ3n) is 3.76. The van der Waals surface area contributed by atoms with E-state index in [2.05, 4.69) is 5.32 Å². The van der Waals surface area contributed by atoms with Crippen molar-refractivity contribution in [2.45, 2.75) is 12.5 Å². The SMILES string of the molecule is O=C(O)c1ccc(N2C(=O)CC(N3CCNC3=S)C2=O)cc1. The van der Waals surface area contributed by atoms with Crippen LogP contribution in [0.5, 0.6) is 0 Å². The summed E-state index contributed by atoms with van der Waals surface area (Å²) in [5.41, 5.74) is 0.477. The molecule has 114 valence electrons. The molecule has 2 fully saturated rings. The summed E-state index contributed by atoms with van der Waals surface area (Å²) in [5.74, 6) is -1.70. The molecule has 0 aromatic heterocycles. The Hall–Kier alpha value is -2.48. The molecule has 0 saturated carbocycles. The van der Waals surface area contributed by atoms with Crippen molar-refractivity contribution in [2.75, 3.05) is 18.0 Å². The highest BCUT2D eigenvalue weighted by Gasteiger charge is 2.44. The predicted octanol–water partition coefficient (Wildman–Crippen LogP) is 0.207. The molecule has 0 bridgehead atoms. The Balaban J connectivity index is 1.85. The first kappa shape index (κ1) is 14.5. The van der Waals surface area contributed by atoms with Gasteiger partial charge in [0.2, 0.25) is 5.91 Å². The van der Waals surface area contributed by atoms with Crippen LogP contribution in [0.2, 0.25) is 0 Å². The van der Waals surface area contributed by atoms with Gasteiger partial charge in [0, 0.05) is 13.1 Å². The van der Waals surface area contributed by atoms with Crippen LogP contribution >= 0.6 is 12.2 Å². The van der Waals surface area contributed by atoms with E-state index in [1.165, 1.54) is 24.3 Å². The van der Waals surface area contributed by atoms with E-state index in [0.717, 1.165) is 4.90 Å². The molecule has 2 saturated heterocycles. The molecule has 2 aliphatic rings. The van der Waals surface area contributed by atoms with Crippen molar-refractivity contribution in [3.8, 4) is 0 Å². The molecule has 7 nitrogen and oxygen atoms in total. The zero-order chi connectivity index (χ0) is 15.9. The first-order chi connectivity index (χ1) is 10.5. The fraction of sp³-hybridized carbons (Fsp3) is 0.286. The number of hydrogen-bond donors (Lipinski definition) is 2. The average molecular weight is 319 g/mol. The number of anilines is 1. The Morgan fingerprint density at radius 1 is 1.27 bits per heavy atom. The highest BCUT2D eigenvalue weighted by molar-refractivity contribution is 7.80. The number of carbonyl (C=O) groups excluding carboxylic acids is 2.